The van der Waals surface area contributed by atoms with Gasteiger partial charge in [0.15, 0.2) is 0 Å². The normalized spacial score (nSPS) is 15.2. The highest BCUT2D eigenvalue weighted by molar-refractivity contribution is 8.05. The van der Waals surface area contributed by atoms with Crippen molar-refractivity contribution in [2.45, 2.75) is 77.8 Å². The van der Waals surface area contributed by atoms with E-state index in [0.29, 0.717) is 0 Å². The maximum absolute atomic E-state index is 14.1. The summed E-state index contributed by atoms with van der Waals surface area (Å²) in [5, 5.41) is 9.22. The third-order valence-electron chi connectivity index (χ3n) is 3.49. The molecule has 0 saturated heterocycles. The molecular formula is C12H28BFOP+. The van der Waals surface area contributed by atoms with Crippen molar-refractivity contribution in [3.05, 3.63) is 0 Å². The molecule has 0 unspecified atom stereocenters. The summed E-state index contributed by atoms with van der Waals surface area (Å²) in [6, 6.07) is 0. The zero-order valence-electron chi connectivity index (χ0n) is 12.3. The van der Waals surface area contributed by atoms with Crippen LogP contribution in [0.3, 0.4) is 0 Å². The van der Waals surface area contributed by atoms with E-state index < -0.39 is 14.1 Å². The summed E-state index contributed by atoms with van der Waals surface area (Å²) in [4.78, 5) is 0. The van der Waals surface area contributed by atoms with Crippen molar-refractivity contribution in [2.24, 2.45) is 0 Å². The average molecular weight is 249 g/mol. The lowest BCUT2D eigenvalue weighted by molar-refractivity contribution is 0.508. The second-order valence-corrected chi connectivity index (χ2v) is 13.4. The third-order valence-corrected chi connectivity index (χ3v) is 10.5. The summed E-state index contributed by atoms with van der Waals surface area (Å²) in [5.41, 5.74) is 0. The fourth-order valence-corrected chi connectivity index (χ4v) is 11.9. The Bertz CT molecular complexity index is 209. The molecule has 0 aliphatic rings. The van der Waals surface area contributed by atoms with Crippen LogP contribution in [0.4, 0.5) is 4.32 Å². The van der Waals surface area contributed by atoms with E-state index in [2.05, 4.69) is 62.3 Å². The molecule has 0 rings (SSSR count). The Balaban J connectivity index is 6.05. The Morgan fingerprint density at radius 1 is 0.750 bits per heavy atom. The average Bonchev–Trinajstić information content (AvgIpc) is 1.71. The molecule has 0 aromatic heterocycles. The first-order chi connectivity index (χ1) is 6.69. The van der Waals surface area contributed by atoms with Gasteiger partial charge in [0.1, 0.15) is 0 Å². The van der Waals surface area contributed by atoms with Gasteiger partial charge in [0.25, 0.3) is 0 Å². The fraction of sp³-hybridized carbons (Fsp3) is 1.00. The van der Waals surface area contributed by atoms with Gasteiger partial charge in [-0.25, -0.2) is 4.32 Å². The molecule has 4 heteroatoms. The van der Waals surface area contributed by atoms with Crippen molar-refractivity contribution in [3.63, 3.8) is 0 Å². The van der Waals surface area contributed by atoms with Gasteiger partial charge in [-0.15, -0.1) is 0 Å². The molecule has 0 radical (unpaired) electrons. The predicted molar refractivity (Wildman–Crippen MR) is 75.3 cm³/mol. The molecule has 96 valence electrons. The smallest absolute Gasteiger partial charge is 0.387 e. The van der Waals surface area contributed by atoms with E-state index in [-0.39, 0.29) is 15.5 Å². The van der Waals surface area contributed by atoms with E-state index in [1.165, 1.54) is 0 Å². The fourth-order valence-electron chi connectivity index (χ4n) is 3.98. The lowest BCUT2D eigenvalue weighted by atomic mass is 10.2. The van der Waals surface area contributed by atoms with Gasteiger partial charge in [0.05, 0.1) is 22.6 Å². The molecule has 0 aromatic carbocycles. The van der Waals surface area contributed by atoms with Gasteiger partial charge in [0, 0.05) is 0 Å². The Labute approximate surface area is 102 Å². The summed E-state index contributed by atoms with van der Waals surface area (Å²) in [6.07, 6.45) is 0. The van der Waals surface area contributed by atoms with E-state index in [4.69, 9.17) is 0 Å². The third kappa shape index (κ3) is 2.31. The maximum atomic E-state index is 14.1. The topological polar surface area (TPSA) is 20.2 Å². The molecule has 0 aliphatic carbocycles. The molecule has 16 heavy (non-hydrogen) atoms. The molecule has 0 spiro atoms. The van der Waals surface area contributed by atoms with Crippen LogP contribution in [-0.2, 0) is 0 Å². The Kier molecular flexibility index (Phi) is 4.35. The number of halogens is 1. The maximum Gasteiger partial charge on any atom is 0.707 e. The van der Waals surface area contributed by atoms with Gasteiger partial charge in [-0.2, -0.15) is 0 Å². The van der Waals surface area contributed by atoms with Gasteiger partial charge in [-0.3, -0.25) is 0 Å². The zero-order valence-corrected chi connectivity index (χ0v) is 13.2. The van der Waals surface area contributed by atoms with E-state index in [9.17, 15) is 9.34 Å². The van der Waals surface area contributed by atoms with Crippen LogP contribution in [0.15, 0.2) is 0 Å². The highest BCUT2D eigenvalue weighted by Crippen LogP contribution is 2.84. The summed E-state index contributed by atoms with van der Waals surface area (Å²) in [6.45, 7) is 16.8. The summed E-state index contributed by atoms with van der Waals surface area (Å²) < 4.78 is 14.1. The van der Waals surface area contributed by atoms with Crippen LogP contribution in [0, 0.1) is 0 Å². The van der Waals surface area contributed by atoms with Crippen LogP contribution >= 0.6 is 7.14 Å². The van der Waals surface area contributed by atoms with Crippen molar-refractivity contribution in [2.75, 3.05) is 0 Å². The summed E-state index contributed by atoms with van der Waals surface area (Å²) in [7, 11) is -2.23. The van der Waals surface area contributed by atoms with Gasteiger partial charge in [-0.1, -0.05) is 0 Å². The highest BCUT2D eigenvalue weighted by Gasteiger charge is 2.73. The monoisotopic (exact) mass is 249 g/mol. The van der Waals surface area contributed by atoms with Crippen molar-refractivity contribution in [1.29, 1.82) is 0 Å². The molecule has 0 aliphatic heterocycles. The quantitative estimate of drug-likeness (QED) is 0.541. The SMILES string of the molecule is CC(C)(C)[P+](B(O)F)(C(C)(C)C)C(C)(C)C. The molecule has 0 atom stereocenters. The van der Waals surface area contributed by atoms with Crippen LogP contribution in [0.5, 0.6) is 0 Å². The summed E-state index contributed by atoms with van der Waals surface area (Å²) >= 11 is 0. The highest BCUT2D eigenvalue weighted by atomic mass is 31.2. The van der Waals surface area contributed by atoms with Crippen molar-refractivity contribution in [1.82, 2.24) is 0 Å². The largest absolute Gasteiger partial charge is 0.707 e. The van der Waals surface area contributed by atoms with Gasteiger partial charge >= 0.3 is 6.91 Å². The molecule has 0 saturated carbocycles. The van der Waals surface area contributed by atoms with Gasteiger partial charge in [-0.05, 0) is 62.3 Å². The van der Waals surface area contributed by atoms with E-state index in [1.807, 2.05) is 0 Å². The lowest BCUT2D eigenvalue weighted by Gasteiger charge is -2.53. The summed E-state index contributed by atoms with van der Waals surface area (Å²) in [5.74, 6) is 0. The molecule has 1 N–H and O–H groups in total. The Morgan fingerprint density at radius 2 is 0.938 bits per heavy atom. The molecule has 0 aromatic rings. The standard InChI is InChI=1S/C12H28BFOP/c1-10(2,3)16(13(14)15,11(4,5)6)12(7,8)9/h15H,1-9H3/q+1. The number of rotatable bonds is 1. The number of hydrogen-bond donors (Lipinski definition) is 1. The minimum Gasteiger partial charge on any atom is -0.387 e. The minimum absolute atomic E-state index is 0.211. The molecule has 0 heterocycles. The Hall–Kier alpha value is 0.385. The van der Waals surface area contributed by atoms with Crippen LogP contribution in [0.1, 0.15) is 62.3 Å². The van der Waals surface area contributed by atoms with Crippen LogP contribution in [-0.4, -0.2) is 27.4 Å². The van der Waals surface area contributed by atoms with Crippen LogP contribution < -0.4 is 0 Å². The van der Waals surface area contributed by atoms with Crippen molar-refractivity contribution in [3.8, 4) is 0 Å². The van der Waals surface area contributed by atoms with E-state index in [0.717, 1.165) is 0 Å². The molecule has 0 fully saturated rings. The van der Waals surface area contributed by atoms with Gasteiger partial charge in [0.2, 0.25) is 0 Å². The second kappa shape index (κ2) is 4.25. The van der Waals surface area contributed by atoms with Crippen molar-refractivity contribution < 1.29 is 9.34 Å². The minimum atomic E-state index is -2.23. The zero-order chi connectivity index (χ0) is 13.6. The van der Waals surface area contributed by atoms with Crippen LogP contribution in [0.25, 0.3) is 0 Å². The first kappa shape index (κ1) is 16.4. The van der Waals surface area contributed by atoms with Crippen molar-refractivity contribution >= 4 is 14.1 Å². The molecular weight excluding hydrogens is 221 g/mol. The van der Waals surface area contributed by atoms with E-state index >= 15 is 0 Å². The van der Waals surface area contributed by atoms with Crippen LogP contribution in [0.2, 0.25) is 0 Å². The number of hydrogen-bond acceptors (Lipinski definition) is 1. The van der Waals surface area contributed by atoms with Gasteiger partial charge < -0.3 is 5.02 Å². The molecule has 0 amide bonds. The predicted octanol–water partition coefficient (Wildman–Crippen LogP) is 4.35. The Morgan fingerprint density at radius 3 is 0.938 bits per heavy atom. The molecule has 1 nitrogen and oxygen atoms in total. The first-order valence-electron chi connectivity index (χ1n) is 5.91. The first-order valence-corrected chi connectivity index (χ1v) is 7.76. The van der Waals surface area contributed by atoms with E-state index in [1.54, 1.807) is 0 Å². The molecule has 0 bridgehead atoms. The second-order valence-electron chi connectivity index (χ2n) is 7.55. The lowest BCUT2D eigenvalue weighted by Crippen LogP contribution is -2.49.